The molecule has 0 bridgehead atoms. The van der Waals surface area contributed by atoms with Gasteiger partial charge in [0.25, 0.3) is 0 Å². The Kier molecular flexibility index (Phi) is 24.7. The molecule has 51 heavy (non-hydrogen) atoms. The molecular formula is C45H83NO5. The summed E-state index contributed by atoms with van der Waals surface area (Å²) in [5, 5.41) is 52.8. The van der Waals surface area contributed by atoms with Gasteiger partial charge in [-0.1, -0.05) is 58.2 Å². The van der Waals surface area contributed by atoms with Crippen molar-refractivity contribution in [1.82, 2.24) is 0 Å². The van der Waals surface area contributed by atoms with Crippen LogP contribution in [0.1, 0.15) is 191 Å². The molecule has 0 radical (unpaired) electrons. The van der Waals surface area contributed by atoms with Crippen molar-refractivity contribution in [3.05, 3.63) is 58.2 Å². The van der Waals surface area contributed by atoms with E-state index in [4.69, 9.17) is 10.8 Å². The van der Waals surface area contributed by atoms with E-state index >= 15 is 0 Å². The van der Waals surface area contributed by atoms with Gasteiger partial charge in [0, 0.05) is 6.04 Å². The van der Waals surface area contributed by atoms with Crippen molar-refractivity contribution in [3.63, 3.8) is 0 Å². The van der Waals surface area contributed by atoms with Crippen LogP contribution in [-0.4, -0.2) is 60.6 Å². The number of rotatable bonds is 29. The average Bonchev–Trinajstić information content (AvgIpc) is 2.99. The third kappa shape index (κ3) is 27.7. The summed E-state index contributed by atoms with van der Waals surface area (Å²) in [6.45, 7) is 20.3. The van der Waals surface area contributed by atoms with Gasteiger partial charge in [-0.25, -0.2) is 0 Å². The minimum Gasteiger partial charge on any atom is -0.392 e. The first kappa shape index (κ1) is 49.5. The largest absolute Gasteiger partial charge is 0.392 e. The second-order valence-corrected chi connectivity index (χ2v) is 17.4. The standard InChI is InChI=1S/C45H83NO5/c1-36(2)18-14-33-45(10,51)41(46)26-34-44(9,50)32-17-31-43(8,49)30-16-29-42(7,48)28-15-25-39(5)23-12-21-37(3)19-11-20-38(4)22-13-24-40(6)27-35-47/h18-19,22-23,27,41,47-51H,11-17,20-21,24-26,28-35,46H2,1-10H3/b37-19+,38-22+,39-23+,40-27+. The maximum atomic E-state index is 11.0. The van der Waals surface area contributed by atoms with E-state index < -0.39 is 28.4 Å². The fourth-order valence-corrected chi connectivity index (χ4v) is 6.64. The number of allylic oxidation sites excluding steroid dienone is 9. The highest BCUT2D eigenvalue weighted by Crippen LogP contribution is 2.30. The smallest absolute Gasteiger partial charge is 0.0772 e. The van der Waals surface area contributed by atoms with E-state index in [-0.39, 0.29) is 6.61 Å². The summed E-state index contributed by atoms with van der Waals surface area (Å²) in [5.41, 5.74) is 9.60. The maximum absolute atomic E-state index is 11.0. The Morgan fingerprint density at radius 3 is 1.27 bits per heavy atom. The molecule has 0 aromatic rings. The molecule has 0 aromatic carbocycles. The molecule has 0 heterocycles. The van der Waals surface area contributed by atoms with Crippen molar-refractivity contribution >= 4 is 0 Å². The summed E-state index contributed by atoms with van der Waals surface area (Å²) in [4.78, 5) is 0. The summed E-state index contributed by atoms with van der Waals surface area (Å²) in [6, 6.07) is -0.405. The fraction of sp³-hybridized carbons (Fsp3) is 0.778. The SMILES string of the molecule is CC(C)=CCCC(C)(O)C(N)CCC(C)(O)CCCC(C)(O)CCCC(C)(O)CCC/C(C)=C/CC/C(C)=C/CC/C(C)=C/CC/C(C)=C/CO. The first-order valence-corrected chi connectivity index (χ1v) is 20.1. The van der Waals surface area contributed by atoms with Gasteiger partial charge < -0.3 is 31.3 Å². The molecule has 0 aliphatic rings. The van der Waals surface area contributed by atoms with Crippen LogP contribution < -0.4 is 5.73 Å². The third-order valence-electron chi connectivity index (χ3n) is 10.7. The zero-order valence-electron chi connectivity index (χ0n) is 34.9. The van der Waals surface area contributed by atoms with Gasteiger partial charge in [-0.2, -0.15) is 0 Å². The third-order valence-corrected chi connectivity index (χ3v) is 10.7. The van der Waals surface area contributed by atoms with Crippen LogP contribution in [0.15, 0.2) is 58.2 Å². The number of hydrogen-bond donors (Lipinski definition) is 6. The summed E-state index contributed by atoms with van der Waals surface area (Å²) >= 11 is 0. The van der Waals surface area contributed by atoms with Crippen molar-refractivity contribution in [2.24, 2.45) is 5.73 Å². The molecule has 0 amide bonds. The van der Waals surface area contributed by atoms with Crippen molar-refractivity contribution < 1.29 is 25.5 Å². The monoisotopic (exact) mass is 718 g/mol. The quantitative estimate of drug-likeness (QED) is 0.0428. The van der Waals surface area contributed by atoms with Crippen LogP contribution >= 0.6 is 0 Å². The number of aliphatic hydroxyl groups excluding tert-OH is 1. The minimum atomic E-state index is -0.975. The summed E-state index contributed by atoms with van der Waals surface area (Å²) in [5.74, 6) is 0. The maximum Gasteiger partial charge on any atom is 0.0772 e. The predicted octanol–water partition coefficient (Wildman–Crippen LogP) is 10.5. The molecule has 7 N–H and O–H groups in total. The number of nitrogens with two attached hydrogens (primary N) is 1. The van der Waals surface area contributed by atoms with E-state index in [0.29, 0.717) is 51.4 Å². The second kappa shape index (κ2) is 25.5. The van der Waals surface area contributed by atoms with E-state index in [9.17, 15) is 20.4 Å². The van der Waals surface area contributed by atoms with E-state index in [1.165, 1.54) is 27.9 Å². The van der Waals surface area contributed by atoms with Gasteiger partial charge in [-0.3, -0.25) is 0 Å². The Labute approximate surface area is 315 Å². The molecule has 0 saturated carbocycles. The molecule has 0 aliphatic heterocycles. The minimum absolute atomic E-state index is 0.126. The van der Waals surface area contributed by atoms with Gasteiger partial charge in [0.05, 0.1) is 29.0 Å². The van der Waals surface area contributed by atoms with Crippen molar-refractivity contribution in [3.8, 4) is 0 Å². The Morgan fingerprint density at radius 1 is 0.490 bits per heavy atom. The van der Waals surface area contributed by atoms with E-state index in [1.54, 1.807) is 6.92 Å². The molecule has 298 valence electrons. The van der Waals surface area contributed by atoms with Crippen LogP contribution in [0.4, 0.5) is 0 Å². The molecule has 6 nitrogen and oxygen atoms in total. The highest BCUT2D eigenvalue weighted by atomic mass is 16.3. The van der Waals surface area contributed by atoms with Crippen LogP contribution in [0.5, 0.6) is 0 Å². The zero-order valence-corrected chi connectivity index (χ0v) is 34.9. The van der Waals surface area contributed by atoms with E-state index in [1.807, 2.05) is 40.7 Å². The molecule has 6 heteroatoms. The fourth-order valence-electron chi connectivity index (χ4n) is 6.64. The molecular weight excluding hydrogens is 634 g/mol. The summed E-state index contributed by atoms with van der Waals surface area (Å²) in [6.07, 6.45) is 26.4. The van der Waals surface area contributed by atoms with E-state index in [0.717, 1.165) is 70.6 Å². The van der Waals surface area contributed by atoms with Crippen molar-refractivity contribution in [1.29, 1.82) is 0 Å². The second-order valence-electron chi connectivity index (χ2n) is 17.4. The van der Waals surface area contributed by atoms with Crippen LogP contribution in [0.2, 0.25) is 0 Å². The van der Waals surface area contributed by atoms with E-state index in [2.05, 4.69) is 52.0 Å². The van der Waals surface area contributed by atoms with Gasteiger partial charge in [0.1, 0.15) is 0 Å². The molecule has 0 rings (SSSR count). The molecule has 5 unspecified atom stereocenters. The summed E-state index contributed by atoms with van der Waals surface area (Å²) in [7, 11) is 0. The Balaban J connectivity index is 4.37. The molecule has 5 atom stereocenters. The normalized spacial score (nSPS) is 18.8. The average molecular weight is 718 g/mol. The lowest BCUT2D eigenvalue weighted by molar-refractivity contribution is -0.00866. The number of aliphatic hydroxyl groups is 5. The lowest BCUT2D eigenvalue weighted by Crippen LogP contribution is -2.46. The Hall–Kier alpha value is -1.54. The predicted molar refractivity (Wildman–Crippen MR) is 220 cm³/mol. The highest BCUT2D eigenvalue weighted by molar-refractivity contribution is 5.07. The van der Waals surface area contributed by atoms with Crippen LogP contribution in [-0.2, 0) is 0 Å². The highest BCUT2D eigenvalue weighted by Gasteiger charge is 2.31. The summed E-state index contributed by atoms with van der Waals surface area (Å²) < 4.78 is 0. The molecule has 0 saturated heterocycles. The number of hydrogen-bond acceptors (Lipinski definition) is 6. The molecule has 0 aromatic heterocycles. The van der Waals surface area contributed by atoms with Crippen LogP contribution in [0, 0.1) is 0 Å². The Morgan fingerprint density at radius 2 is 0.863 bits per heavy atom. The van der Waals surface area contributed by atoms with Gasteiger partial charge in [0.15, 0.2) is 0 Å². The van der Waals surface area contributed by atoms with Crippen molar-refractivity contribution in [2.75, 3.05) is 6.61 Å². The van der Waals surface area contributed by atoms with Crippen molar-refractivity contribution in [2.45, 2.75) is 220 Å². The molecule has 0 spiro atoms. The lowest BCUT2D eigenvalue weighted by Gasteiger charge is -2.33. The zero-order chi connectivity index (χ0) is 39.1. The van der Waals surface area contributed by atoms with Gasteiger partial charge in [-0.05, 0) is 191 Å². The first-order valence-electron chi connectivity index (χ1n) is 20.1. The van der Waals surface area contributed by atoms with Crippen LogP contribution in [0.25, 0.3) is 0 Å². The van der Waals surface area contributed by atoms with Crippen LogP contribution in [0.3, 0.4) is 0 Å². The first-order chi connectivity index (χ1) is 23.6. The van der Waals surface area contributed by atoms with Gasteiger partial charge in [0.2, 0.25) is 0 Å². The van der Waals surface area contributed by atoms with Gasteiger partial charge >= 0.3 is 0 Å². The molecule has 0 fully saturated rings. The topological polar surface area (TPSA) is 127 Å². The van der Waals surface area contributed by atoms with Gasteiger partial charge in [-0.15, -0.1) is 0 Å². The molecule has 0 aliphatic carbocycles. The lowest BCUT2D eigenvalue weighted by atomic mass is 9.83. The Bertz CT molecular complexity index is 1100.